The molecule has 0 bridgehead atoms. The Labute approximate surface area is 78.9 Å². The van der Waals surface area contributed by atoms with E-state index in [9.17, 15) is 0 Å². The number of aromatic nitrogens is 2. The maximum atomic E-state index is 5.75. The van der Waals surface area contributed by atoms with Crippen LogP contribution in [0, 0.1) is 5.92 Å². The predicted octanol–water partition coefficient (Wildman–Crippen LogP) is 1.26. The van der Waals surface area contributed by atoms with Crippen LogP contribution in [-0.4, -0.2) is 16.3 Å². The van der Waals surface area contributed by atoms with Crippen molar-refractivity contribution in [2.45, 2.75) is 25.2 Å². The van der Waals surface area contributed by atoms with E-state index in [1.54, 1.807) is 0 Å². The summed E-state index contributed by atoms with van der Waals surface area (Å²) in [5, 5.41) is 4.21. The van der Waals surface area contributed by atoms with E-state index in [4.69, 9.17) is 5.73 Å². The van der Waals surface area contributed by atoms with Crippen molar-refractivity contribution in [1.82, 2.24) is 9.78 Å². The summed E-state index contributed by atoms with van der Waals surface area (Å²) >= 11 is 0. The van der Waals surface area contributed by atoms with Gasteiger partial charge in [-0.25, -0.2) is 0 Å². The molecule has 1 saturated carbocycles. The maximum Gasteiger partial charge on any atom is 0.0492 e. The van der Waals surface area contributed by atoms with E-state index in [0.717, 1.165) is 6.54 Å². The van der Waals surface area contributed by atoms with Gasteiger partial charge in [0.2, 0.25) is 0 Å². The molecule has 2 unspecified atom stereocenters. The number of nitrogens with zero attached hydrogens (tertiary/aromatic N) is 2. The standard InChI is InChI=1S/C10H17N3/c1-13-10(5-6-12-13)9-4-2-3-8(9)7-11/h5-6,8-9H,2-4,7,11H2,1H3. The molecule has 1 aromatic heterocycles. The molecule has 3 nitrogen and oxygen atoms in total. The number of aryl methyl sites for hydroxylation is 1. The molecular formula is C10H17N3. The summed E-state index contributed by atoms with van der Waals surface area (Å²) in [5.41, 5.74) is 7.11. The molecule has 2 N–H and O–H groups in total. The van der Waals surface area contributed by atoms with Crippen LogP contribution in [0.3, 0.4) is 0 Å². The van der Waals surface area contributed by atoms with Gasteiger partial charge < -0.3 is 5.73 Å². The Morgan fingerprint density at radius 1 is 1.62 bits per heavy atom. The zero-order valence-corrected chi connectivity index (χ0v) is 8.11. The van der Waals surface area contributed by atoms with E-state index in [1.807, 2.05) is 17.9 Å². The van der Waals surface area contributed by atoms with E-state index < -0.39 is 0 Å². The van der Waals surface area contributed by atoms with Gasteiger partial charge in [0.25, 0.3) is 0 Å². The highest BCUT2D eigenvalue weighted by molar-refractivity contribution is 5.11. The zero-order valence-electron chi connectivity index (χ0n) is 8.11. The summed E-state index contributed by atoms with van der Waals surface area (Å²) < 4.78 is 1.98. The Balaban J connectivity index is 2.20. The lowest BCUT2D eigenvalue weighted by molar-refractivity contribution is 0.469. The fraction of sp³-hybridized carbons (Fsp3) is 0.700. The Bertz CT molecular complexity index is 279. The van der Waals surface area contributed by atoms with Gasteiger partial charge in [-0.1, -0.05) is 6.42 Å². The highest BCUT2D eigenvalue weighted by Gasteiger charge is 2.28. The van der Waals surface area contributed by atoms with Gasteiger partial charge in [-0.3, -0.25) is 4.68 Å². The molecule has 0 aliphatic heterocycles. The molecule has 3 heteroatoms. The van der Waals surface area contributed by atoms with Crippen molar-refractivity contribution in [2.24, 2.45) is 18.7 Å². The second kappa shape index (κ2) is 3.50. The maximum absolute atomic E-state index is 5.75. The van der Waals surface area contributed by atoms with Crippen molar-refractivity contribution in [3.63, 3.8) is 0 Å². The fourth-order valence-corrected chi connectivity index (χ4v) is 2.46. The Morgan fingerprint density at radius 3 is 3.08 bits per heavy atom. The molecule has 0 spiro atoms. The third-order valence-electron chi connectivity index (χ3n) is 3.20. The normalized spacial score (nSPS) is 28.2. The SMILES string of the molecule is Cn1nccc1C1CCCC1CN. The molecule has 0 saturated heterocycles. The van der Waals surface area contributed by atoms with Crippen molar-refractivity contribution in [1.29, 1.82) is 0 Å². The topological polar surface area (TPSA) is 43.8 Å². The molecule has 2 rings (SSSR count). The first-order valence-corrected chi connectivity index (χ1v) is 5.01. The first kappa shape index (κ1) is 8.75. The van der Waals surface area contributed by atoms with Crippen molar-refractivity contribution in [2.75, 3.05) is 6.54 Å². The van der Waals surface area contributed by atoms with Gasteiger partial charge in [-0.15, -0.1) is 0 Å². The summed E-state index contributed by atoms with van der Waals surface area (Å²) in [6.45, 7) is 0.815. The number of hydrogen-bond acceptors (Lipinski definition) is 2. The van der Waals surface area contributed by atoms with E-state index >= 15 is 0 Å². The van der Waals surface area contributed by atoms with Crippen LogP contribution in [0.2, 0.25) is 0 Å². The molecule has 1 fully saturated rings. The molecule has 0 radical (unpaired) electrons. The van der Waals surface area contributed by atoms with E-state index in [0.29, 0.717) is 11.8 Å². The smallest absolute Gasteiger partial charge is 0.0492 e. The molecule has 1 aliphatic carbocycles. The first-order chi connectivity index (χ1) is 6.33. The van der Waals surface area contributed by atoms with Gasteiger partial charge in [-0.05, 0) is 31.4 Å². The van der Waals surface area contributed by atoms with Crippen LogP contribution in [0.15, 0.2) is 12.3 Å². The second-order valence-corrected chi connectivity index (χ2v) is 3.91. The first-order valence-electron chi connectivity index (χ1n) is 5.01. The van der Waals surface area contributed by atoms with Gasteiger partial charge in [-0.2, -0.15) is 5.10 Å². The third-order valence-corrected chi connectivity index (χ3v) is 3.20. The molecular weight excluding hydrogens is 162 g/mol. The summed E-state index contributed by atoms with van der Waals surface area (Å²) in [7, 11) is 2.02. The Hall–Kier alpha value is -0.830. The van der Waals surface area contributed by atoms with Crippen LogP contribution >= 0.6 is 0 Å². The van der Waals surface area contributed by atoms with Crippen molar-refractivity contribution >= 4 is 0 Å². The number of nitrogens with two attached hydrogens (primary N) is 1. The van der Waals surface area contributed by atoms with Crippen LogP contribution in [-0.2, 0) is 7.05 Å². The van der Waals surface area contributed by atoms with Crippen molar-refractivity contribution in [3.05, 3.63) is 18.0 Å². The summed E-state index contributed by atoms with van der Waals surface area (Å²) in [4.78, 5) is 0. The lowest BCUT2D eigenvalue weighted by Crippen LogP contribution is -2.19. The Morgan fingerprint density at radius 2 is 2.46 bits per heavy atom. The lowest BCUT2D eigenvalue weighted by Gasteiger charge is -2.17. The third kappa shape index (κ3) is 1.48. The summed E-state index contributed by atoms with van der Waals surface area (Å²) in [5.74, 6) is 1.33. The summed E-state index contributed by atoms with van der Waals surface area (Å²) in [6, 6.07) is 2.12. The number of rotatable bonds is 2. The Kier molecular flexibility index (Phi) is 2.36. The average Bonchev–Trinajstić information content (AvgIpc) is 2.71. The van der Waals surface area contributed by atoms with Crippen molar-refractivity contribution < 1.29 is 0 Å². The minimum absolute atomic E-state index is 0.650. The minimum Gasteiger partial charge on any atom is -0.330 e. The highest BCUT2D eigenvalue weighted by Crippen LogP contribution is 2.38. The number of hydrogen-bond donors (Lipinski definition) is 1. The van der Waals surface area contributed by atoms with Gasteiger partial charge >= 0.3 is 0 Å². The van der Waals surface area contributed by atoms with Gasteiger partial charge in [0.15, 0.2) is 0 Å². The zero-order chi connectivity index (χ0) is 9.26. The molecule has 72 valence electrons. The van der Waals surface area contributed by atoms with Crippen LogP contribution < -0.4 is 5.73 Å². The van der Waals surface area contributed by atoms with Gasteiger partial charge in [0.05, 0.1) is 0 Å². The molecule has 1 aliphatic rings. The largest absolute Gasteiger partial charge is 0.330 e. The van der Waals surface area contributed by atoms with Crippen molar-refractivity contribution in [3.8, 4) is 0 Å². The van der Waals surface area contributed by atoms with E-state index in [1.165, 1.54) is 25.0 Å². The van der Waals surface area contributed by atoms with E-state index in [2.05, 4.69) is 11.2 Å². The molecule has 0 amide bonds. The van der Waals surface area contributed by atoms with Crippen LogP contribution in [0.25, 0.3) is 0 Å². The molecule has 13 heavy (non-hydrogen) atoms. The fourth-order valence-electron chi connectivity index (χ4n) is 2.46. The quantitative estimate of drug-likeness (QED) is 0.742. The lowest BCUT2D eigenvalue weighted by atomic mass is 9.93. The van der Waals surface area contributed by atoms with Crippen LogP contribution in [0.4, 0.5) is 0 Å². The monoisotopic (exact) mass is 179 g/mol. The minimum atomic E-state index is 0.650. The molecule has 1 aromatic rings. The molecule has 1 heterocycles. The molecule has 0 aromatic carbocycles. The summed E-state index contributed by atoms with van der Waals surface area (Å²) in [6.07, 6.45) is 5.76. The molecule has 2 atom stereocenters. The predicted molar refractivity (Wildman–Crippen MR) is 52.3 cm³/mol. The van der Waals surface area contributed by atoms with Gasteiger partial charge in [0.1, 0.15) is 0 Å². The van der Waals surface area contributed by atoms with Gasteiger partial charge in [0, 0.05) is 24.9 Å². The van der Waals surface area contributed by atoms with Crippen LogP contribution in [0.1, 0.15) is 30.9 Å². The second-order valence-electron chi connectivity index (χ2n) is 3.91. The van der Waals surface area contributed by atoms with Crippen LogP contribution in [0.5, 0.6) is 0 Å². The van der Waals surface area contributed by atoms with E-state index in [-0.39, 0.29) is 0 Å². The highest BCUT2D eigenvalue weighted by atomic mass is 15.3. The average molecular weight is 179 g/mol.